The summed E-state index contributed by atoms with van der Waals surface area (Å²) >= 11 is 0. The molecule has 0 atom stereocenters. The Morgan fingerprint density at radius 1 is 0.840 bits per heavy atom. The van der Waals surface area contributed by atoms with Crippen LogP contribution in [0, 0.1) is 0 Å². The Bertz CT molecular complexity index is 861. The fourth-order valence-corrected chi connectivity index (χ4v) is 2.55. The van der Waals surface area contributed by atoms with Crippen LogP contribution in [0.3, 0.4) is 0 Å². The number of benzene rings is 2. The van der Waals surface area contributed by atoms with Crippen LogP contribution in [0.5, 0.6) is 11.5 Å². The lowest BCUT2D eigenvalue weighted by molar-refractivity contribution is 0.355. The lowest BCUT2D eigenvalue weighted by Gasteiger charge is -2.18. The van der Waals surface area contributed by atoms with E-state index in [1.54, 1.807) is 14.2 Å². The van der Waals surface area contributed by atoms with Gasteiger partial charge in [-0.2, -0.15) is 4.98 Å². The third-order valence-corrected chi connectivity index (χ3v) is 4.07. The monoisotopic (exact) mass is 338 g/mol. The van der Waals surface area contributed by atoms with E-state index in [2.05, 4.69) is 43.0 Å². The molecule has 0 radical (unpaired) electrons. The average Bonchev–Trinajstić information content (AvgIpc) is 3.10. The number of methoxy groups -OCH3 is 2. The summed E-state index contributed by atoms with van der Waals surface area (Å²) < 4.78 is 16.0. The van der Waals surface area contributed by atoms with Crippen LogP contribution in [-0.2, 0) is 5.41 Å². The van der Waals surface area contributed by atoms with Gasteiger partial charge in [0.2, 0.25) is 5.82 Å². The standard InChI is InChI=1S/C20H22N2O3/c1-20(2,3)15-9-6-13(7-10-15)19-21-18(22-25-19)14-8-11-16(23-4)17(12-14)24-5/h6-12H,1-5H3. The van der Waals surface area contributed by atoms with E-state index in [1.807, 2.05) is 30.3 Å². The van der Waals surface area contributed by atoms with Gasteiger partial charge in [0.1, 0.15) is 0 Å². The minimum absolute atomic E-state index is 0.109. The fraction of sp³-hybridized carbons (Fsp3) is 0.300. The Hall–Kier alpha value is -2.82. The number of nitrogens with zero attached hydrogens (tertiary/aromatic N) is 2. The van der Waals surface area contributed by atoms with Gasteiger partial charge in [0.15, 0.2) is 11.5 Å². The molecule has 0 amide bonds. The molecule has 25 heavy (non-hydrogen) atoms. The predicted octanol–water partition coefficient (Wildman–Crippen LogP) is 4.72. The quantitative estimate of drug-likeness (QED) is 0.689. The maximum atomic E-state index is 5.43. The van der Waals surface area contributed by atoms with Crippen molar-refractivity contribution in [2.24, 2.45) is 0 Å². The molecular formula is C20H22N2O3. The molecule has 0 saturated carbocycles. The third kappa shape index (κ3) is 3.50. The van der Waals surface area contributed by atoms with Crippen molar-refractivity contribution < 1.29 is 14.0 Å². The summed E-state index contributed by atoms with van der Waals surface area (Å²) in [6.45, 7) is 6.55. The molecule has 5 heteroatoms. The number of ether oxygens (including phenoxy) is 2. The second kappa shape index (κ2) is 6.59. The molecule has 3 aromatic rings. The maximum Gasteiger partial charge on any atom is 0.258 e. The maximum absolute atomic E-state index is 5.43. The van der Waals surface area contributed by atoms with Gasteiger partial charge in [-0.05, 0) is 41.3 Å². The van der Waals surface area contributed by atoms with Crippen molar-refractivity contribution >= 4 is 0 Å². The first-order chi connectivity index (χ1) is 11.9. The average molecular weight is 338 g/mol. The van der Waals surface area contributed by atoms with E-state index in [4.69, 9.17) is 14.0 Å². The Kier molecular flexibility index (Phi) is 4.49. The highest BCUT2D eigenvalue weighted by Gasteiger charge is 2.16. The van der Waals surface area contributed by atoms with Crippen LogP contribution in [0.25, 0.3) is 22.8 Å². The van der Waals surface area contributed by atoms with Crippen LogP contribution in [0.1, 0.15) is 26.3 Å². The smallest absolute Gasteiger partial charge is 0.258 e. The van der Waals surface area contributed by atoms with E-state index in [9.17, 15) is 0 Å². The van der Waals surface area contributed by atoms with Crippen LogP contribution in [0.2, 0.25) is 0 Å². The van der Waals surface area contributed by atoms with Crippen molar-refractivity contribution in [2.75, 3.05) is 14.2 Å². The van der Waals surface area contributed by atoms with Crippen molar-refractivity contribution in [3.8, 4) is 34.3 Å². The molecule has 5 nitrogen and oxygen atoms in total. The van der Waals surface area contributed by atoms with Gasteiger partial charge < -0.3 is 14.0 Å². The molecule has 0 unspecified atom stereocenters. The van der Waals surface area contributed by atoms with Crippen molar-refractivity contribution in [1.82, 2.24) is 10.1 Å². The minimum Gasteiger partial charge on any atom is -0.493 e. The topological polar surface area (TPSA) is 57.4 Å². The predicted molar refractivity (Wildman–Crippen MR) is 97.0 cm³/mol. The molecule has 0 saturated heterocycles. The van der Waals surface area contributed by atoms with E-state index in [0.29, 0.717) is 23.2 Å². The molecule has 0 aliphatic heterocycles. The molecule has 3 rings (SSSR count). The summed E-state index contributed by atoms with van der Waals surface area (Å²) in [5, 5.41) is 4.08. The van der Waals surface area contributed by atoms with Gasteiger partial charge in [-0.1, -0.05) is 38.1 Å². The van der Waals surface area contributed by atoms with Gasteiger partial charge in [-0.25, -0.2) is 0 Å². The van der Waals surface area contributed by atoms with Gasteiger partial charge >= 0.3 is 0 Å². The highest BCUT2D eigenvalue weighted by molar-refractivity contribution is 5.63. The van der Waals surface area contributed by atoms with E-state index in [0.717, 1.165) is 11.1 Å². The molecule has 0 bridgehead atoms. The third-order valence-electron chi connectivity index (χ3n) is 4.07. The summed E-state index contributed by atoms with van der Waals surface area (Å²) in [6.07, 6.45) is 0. The van der Waals surface area contributed by atoms with Crippen molar-refractivity contribution in [1.29, 1.82) is 0 Å². The van der Waals surface area contributed by atoms with Crippen molar-refractivity contribution in [2.45, 2.75) is 26.2 Å². The lowest BCUT2D eigenvalue weighted by Crippen LogP contribution is -2.10. The molecule has 1 aromatic heterocycles. The largest absolute Gasteiger partial charge is 0.493 e. The fourth-order valence-electron chi connectivity index (χ4n) is 2.55. The van der Waals surface area contributed by atoms with E-state index in [-0.39, 0.29) is 5.41 Å². The van der Waals surface area contributed by atoms with Crippen LogP contribution in [0.4, 0.5) is 0 Å². The van der Waals surface area contributed by atoms with Gasteiger partial charge in [0.25, 0.3) is 5.89 Å². The van der Waals surface area contributed by atoms with Crippen LogP contribution >= 0.6 is 0 Å². The van der Waals surface area contributed by atoms with Crippen LogP contribution in [0.15, 0.2) is 47.0 Å². The minimum atomic E-state index is 0.109. The Balaban J connectivity index is 1.90. The van der Waals surface area contributed by atoms with E-state index >= 15 is 0 Å². The van der Waals surface area contributed by atoms with Gasteiger partial charge in [0, 0.05) is 11.1 Å². The zero-order chi connectivity index (χ0) is 18.0. The number of rotatable bonds is 4. The lowest BCUT2D eigenvalue weighted by atomic mass is 9.87. The number of hydrogen-bond donors (Lipinski definition) is 0. The van der Waals surface area contributed by atoms with Crippen LogP contribution < -0.4 is 9.47 Å². The highest BCUT2D eigenvalue weighted by atomic mass is 16.5. The SMILES string of the molecule is COc1ccc(-c2noc(-c3ccc(C(C)(C)C)cc3)n2)cc1OC. The Morgan fingerprint density at radius 3 is 2.08 bits per heavy atom. The van der Waals surface area contributed by atoms with E-state index in [1.165, 1.54) is 5.56 Å². The number of aromatic nitrogens is 2. The van der Waals surface area contributed by atoms with Gasteiger partial charge in [-0.15, -0.1) is 0 Å². The van der Waals surface area contributed by atoms with Crippen molar-refractivity contribution in [3.05, 3.63) is 48.0 Å². The molecule has 130 valence electrons. The summed E-state index contributed by atoms with van der Waals surface area (Å²) in [5.74, 6) is 2.29. The summed E-state index contributed by atoms with van der Waals surface area (Å²) in [7, 11) is 3.20. The molecule has 0 aliphatic carbocycles. The molecular weight excluding hydrogens is 316 g/mol. The Morgan fingerprint density at radius 2 is 1.48 bits per heavy atom. The first-order valence-corrected chi connectivity index (χ1v) is 8.09. The Labute approximate surface area is 147 Å². The molecule has 0 spiro atoms. The number of hydrogen-bond acceptors (Lipinski definition) is 5. The van der Waals surface area contributed by atoms with Gasteiger partial charge in [-0.3, -0.25) is 0 Å². The highest BCUT2D eigenvalue weighted by Crippen LogP contribution is 2.32. The second-order valence-electron chi connectivity index (χ2n) is 6.82. The van der Waals surface area contributed by atoms with Crippen LogP contribution in [-0.4, -0.2) is 24.4 Å². The first-order valence-electron chi connectivity index (χ1n) is 8.09. The summed E-state index contributed by atoms with van der Waals surface area (Å²) in [6, 6.07) is 13.7. The molecule has 2 aromatic carbocycles. The zero-order valence-electron chi connectivity index (χ0n) is 15.2. The molecule has 0 N–H and O–H groups in total. The molecule has 0 fully saturated rings. The summed E-state index contributed by atoms with van der Waals surface area (Å²) in [4.78, 5) is 4.50. The summed E-state index contributed by atoms with van der Waals surface area (Å²) in [5.41, 5.74) is 3.07. The molecule has 1 heterocycles. The van der Waals surface area contributed by atoms with E-state index < -0.39 is 0 Å². The first kappa shape index (κ1) is 17.0. The van der Waals surface area contributed by atoms with Crippen molar-refractivity contribution in [3.63, 3.8) is 0 Å². The van der Waals surface area contributed by atoms with Gasteiger partial charge in [0.05, 0.1) is 14.2 Å². The zero-order valence-corrected chi connectivity index (χ0v) is 15.2. The normalized spacial score (nSPS) is 11.4. The second-order valence-corrected chi connectivity index (χ2v) is 6.82. The molecule has 0 aliphatic rings.